The Morgan fingerprint density at radius 3 is 2.47 bits per heavy atom. The van der Waals surface area contributed by atoms with E-state index >= 15 is 0 Å². The predicted molar refractivity (Wildman–Crippen MR) is 70.8 cm³/mol. The summed E-state index contributed by atoms with van der Waals surface area (Å²) in [5.74, 6) is -1.55. The second-order valence-corrected chi connectivity index (χ2v) is 5.70. The third-order valence-corrected chi connectivity index (χ3v) is 3.84. The van der Waals surface area contributed by atoms with Gasteiger partial charge in [-0.2, -0.15) is 0 Å². The zero-order valence-corrected chi connectivity index (χ0v) is 11.8. The third kappa shape index (κ3) is 4.70. The number of nitrogens with zero attached hydrogens (tertiary/aromatic N) is 1. The first-order chi connectivity index (χ1) is 8.73. The second kappa shape index (κ2) is 6.23. The Hall–Kier alpha value is -1.30. The lowest BCUT2D eigenvalue weighted by molar-refractivity contribution is -0.141. The smallest absolute Gasteiger partial charge is 0.317 e. The Morgan fingerprint density at radius 1 is 1.26 bits per heavy atom. The van der Waals surface area contributed by atoms with E-state index in [-0.39, 0.29) is 6.03 Å². The molecule has 0 spiro atoms. The summed E-state index contributed by atoms with van der Waals surface area (Å²) in [5, 5.41) is 21.6. The number of hydrogen-bond donors (Lipinski definition) is 3. The minimum Gasteiger partial charge on any atom is -0.481 e. The highest BCUT2D eigenvalue weighted by atomic mass is 16.4. The summed E-state index contributed by atoms with van der Waals surface area (Å²) in [6.07, 6.45) is 1.98. The van der Waals surface area contributed by atoms with Crippen LogP contribution in [0.1, 0.15) is 40.0 Å². The van der Waals surface area contributed by atoms with Gasteiger partial charge >= 0.3 is 12.0 Å². The first-order valence-corrected chi connectivity index (χ1v) is 6.73. The van der Waals surface area contributed by atoms with Crippen molar-refractivity contribution in [3.8, 4) is 0 Å². The molecule has 0 aromatic carbocycles. The Morgan fingerprint density at radius 2 is 1.89 bits per heavy atom. The molecule has 3 N–H and O–H groups in total. The van der Waals surface area contributed by atoms with Gasteiger partial charge in [0.05, 0.1) is 11.5 Å². The summed E-state index contributed by atoms with van der Waals surface area (Å²) in [4.78, 5) is 24.5. The van der Waals surface area contributed by atoms with Crippen molar-refractivity contribution in [3.63, 3.8) is 0 Å². The van der Waals surface area contributed by atoms with Crippen LogP contribution in [0.5, 0.6) is 0 Å². The molecule has 1 heterocycles. The van der Waals surface area contributed by atoms with E-state index in [0.29, 0.717) is 25.9 Å². The van der Waals surface area contributed by atoms with Crippen molar-refractivity contribution < 1.29 is 19.8 Å². The SMILES string of the molecule is CC(NC(=O)N1CCCC(C)(O)CC1)C(C)C(=O)O. The molecule has 0 saturated carbocycles. The summed E-state index contributed by atoms with van der Waals surface area (Å²) in [5.41, 5.74) is -0.713. The van der Waals surface area contributed by atoms with Crippen LogP contribution in [-0.4, -0.2) is 51.8 Å². The molecule has 3 atom stereocenters. The van der Waals surface area contributed by atoms with E-state index < -0.39 is 23.5 Å². The average molecular weight is 272 g/mol. The van der Waals surface area contributed by atoms with Crippen LogP contribution in [0.4, 0.5) is 4.79 Å². The topological polar surface area (TPSA) is 89.9 Å². The van der Waals surface area contributed by atoms with Gasteiger partial charge in [-0.1, -0.05) is 0 Å². The number of rotatable bonds is 3. The predicted octanol–water partition coefficient (Wildman–Crippen LogP) is 1.04. The molecule has 19 heavy (non-hydrogen) atoms. The van der Waals surface area contributed by atoms with Gasteiger partial charge in [-0.05, 0) is 40.0 Å². The quantitative estimate of drug-likeness (QED) is 0.716. The summed E-state index contributed by atoms with van der Waals surface area (Å²) in [6, 6.07) is -0.674. The Bertz CT molecular complexity index is 344. The molecule has 6 nitrogen and oxygen atoms in total. The van der Waals surface area contributed by atoms with Gasteiger partial charge in [-0.15, -0.1) is 0 Å². The molecule has 0 radical (unpaired) electrons. The normalized spacial score (nSPS) is 27.3. The Labute approximate surface area is 113 Å². The van der Waals surface area contributed by atoms with Crippen LogP contribution in [0.15, 0.2) is 0 Å². The first-order valence-electron chi connectivity index (χ1n) is 6.73. The van der Waals surface area contributed by atoms with Crippen molar-refractivity contribution in [1.29, 1.82) is 0 Å². The fourth-order valence-corrected chi connectivity index (χ4v) is 2.09. The molecule has 1 saturated heterocycles. The number of nitrogens with one attached hydrogen (secondary N) is 1. The van der Waals surface area contributed by atoms with Crippen LogP contribution in [0, 0.1) is 5.92 Å². The maximum atomic E-state index is 12.0. The van der Waals surface area contributed by atoms with E-state index in [1.54, 1.807) is 25.7 Å². The molecule has 2 amide bonds. The van der Waals surface area contributed by atoms with Crippen LogP contribution in [0.25, 0.3) is 0 Å². The Balaban J connectivity index is 2.52. The number of carbonyl (C=O) groups excluding carboxylic acids is 1. The van der Waals surface area contributed by atoms with Gasteiger partial charge in [-0.3, -0.25) is 4.79 Å². The standard InChI is InChI=1S/C13H24N2O4/c1-9(11(16)17)10(2)14-12(18)15-7-4-5-13(3,19)6-8-15/h9-10,19H,4-8H2,1-3H3,(H,14,18)(H,16,17). The molecule has 1 aliphatic rings. The lowest BCUT2D eigenvalue weighted by atomic mass is 9.98. The molecular weight excluding hydrogens is 248 g/mol. The van der Waals surface area contributed by atoms with Crippen molar-refractivity contribution in [2.24, 2.45) is 5.92 Å². The molecular formula is C13H24N2O4. The largest absolute Gasteiger partial charge is 0.481 e. The number of carboxylic acid groups (broad SMARTS) is 1. The van der Waals surface area contributed by atoms with Gasteiger partial charge < -0.3 is 20.4 Å². The average Bonchev–Trinajstić information content (AvgIpc) is 2.48. The van der Waals surface area contributed by atoms with E-state index in [0.717, 1.165) is 6.42 Å². The Kier molecular flexibility index (Phi) is 5.17. The van der Waals surface area contributed by atoms with Crippen LogP contribution in [0.3, 0.4) is 0 Å². The summed E-state index contributed by atoms with van der Waals surface area (Å²) < 4.78 is 0. The highest BCUT2D eigenvalue weighted by Gasteiger charge is 2.28. The minimum absolute atomic E-state index is 0.252. The number of aliphatic carboxylic acids is 1. The van der Waals surface area contributed by atoms with Crippen LogP contribution < -0.4 is 5.32 Å². The van der Waals surface area contributed by atoms with Crippen molar-refractivity contribution in [2.75, 3.05) is 13.1 Å². The van der Waals surface area contributed by atoms with Gasteiger partial charge in [-0.25, -0.2) is 4.79 Å². The molecule has 0 bridgehead atoms. The van der Waals surface area contributed by atoms with Crippen LogP contribution in [0.2, 0.25) is 0 Å². The highest BCUT2D eigenvalue weighted by molar-refractivity contribution is 5.76. The lowest BCUT2D eigenvalue weighted by Gasteiger charge is -2.26. The number of likely N-dealkylation sites (tertiary alicyclic amines) is 1. The second-order valence-electron chi connectivity index (χ2n) is 5.70. The van der Waals surface area contributed by atoms with Gasteiger partial charge in [0.2, 0.25) is 0 Å². The number of hydrogen-bond acceptors (Lipinski definition) is 3. The monoisotopic (exact) mass is 272 g/mol. The number of aliphatic hydroxyl groups is 1. The number of amides is 2. The summed E-state index contributed by atoms with van der Waals surface area (Å²) in [7, 11) is 0. The van der Waals surface area contributed by atoms with Gasteiger partial charge in [0.25, 0.3) is 0 Å². The minimum atomic E-state index is -0.924. The van der Waals surface area contributed by atoms with Crippen molar-refractivity contribution in [2.45, 2.75) is 51.7 Å². The molecule has 3 unspecified atom stereocenters. The number of carboxylic acids is 1. The van der Waals surface area contributed by atoms with Crippen molar-refractivity contribution >= 4 is 12.0 Å². The zero-order valence-electron chi connectivity index (χ0n) is 11.8. The summed E-state index contributed by atoms with van der Waals surface area (Å²) >= 11 is 0. The molecule has 0 aliphatic carbocycles. The fraction of sp³-hybridized carbons (Fsp3) is 0.846. The van der Waals surface area contributed by atoms with E-state index in [4.69, 9.17) is 5.11 Å². The number of urea groups is 1. The van der Waals surface area contributed by atoms with Gasteiger partial charge in [0.1, 0.15) is 0 Å². The molecule has 0 aromatic heterocycles. The molecule has 1 aliphatic heterocycles. The van der Waals surface area contributed by atoms with Gasteiger partial charge in [0, 0.05) is 19.1 Å². The molecule has 110 valence electrons. The maximum Gasteiger partial charge on any atom is 0.317 e. The van der Waals surface area contributed by atoms with Crippen molar-refractivity contribution in [1.82, 2.24) is 10.2 Å². The van der Waals surface area contributed by atoms with Crippen molar-refractivity contribution in [3.05, 3.63) is 0 Å². The maximum absolute atomic E-state index is 12.0. The third-order valence-electron chi connectivity index (χ3n) is 3.84. The lowest BCUT2D eigenvalue weighted by Crippen LogP contribution is -2.47. The molecule has 1 fully saturated rings. The molecule has 0 aromatic rings. The molecule has 6 heteroatoms. The zero-order chi connectivity index (χ0) is 14.6. The van der Waals surface area contributed by atoms with Crippen LogP contribution in [-0.2, 0) is 4.79 Å². The van der Waals surface area contributed by atoms with Gasteiger partial charge in [0.15, 0.2) is 0 Å². The highest BCUT2D eigenvalue weighted by Crippen LogP contribution is 2.21. The fourth-order valence-electron chi connectivity index (χ4n) is 2.09. The molecule has 1 rings (SSSR count). The number of carbonyl (C=O) groups is 2. The van der Waals surface area contributed by atoms with E-state index in [2.05, 4.69) is 5.32 Å². The van der Waals surface area contributed by atoms with E-state index in [1.807, 2.05) is 0 Å². The summed E-state index contributed by atoms with van der Waals surface area (Å²) in [6.45, 7) is 6.12. The van der Waals surface area contributed by atoms with E-state index in [9.17, 15) is 14.7 Å². The van der Waals surface area contributed by atoms with Crippen LogP contribution >= 0.6 is 0 Å². The first kappa shape index (κ1) is 15.8. The van der Waals surface area contributed by atoms with E-state index in [1.165, 1.54) is 0 Å².